The molecule has 1 unspecified atom stereocenters. The Hall–Kier alpha value is -2.53. The standard InChI is InChI=1S/C34H43F3O2/c1-3-5-21-39-28-18-20-29(31(35)22-28)24-10-7-23(8-11-24)9-12-27-17-19-30(34(37)33(27)36)25-13-15-26(16-14-25)32(38)6-4-2/h3,9,12,17-20,22-26,32,38H,1,4-8,10-11,13-16,21H2,2H3/b12-9+. The summed E-state index contributed by atoms with van der Waals surface area (Å²) in [4.78, 5) is 0. The molecule has 2 fully saturated rings. The lowest BCUT2D eigenvalue weighted by Crippen LogP contribution is -2.25. The molecule has 0 amide bonds. The molecule has 0 saturated heterocycles. The molecule has 39 heavy (non-hydrogen) atoms. The van der Waals surface area contributed by atoms with Gasteiger partial charge in [-0.3, -0.25) is 0 Å². The van der Waals surface area contributed by atoms with Gasteiger partial charge in [0.25, 0.3) is 0 Å². The fourth-order valence-electron chi connectivity index (χ4n) is 6.42. The number of hydrogen-bond acceptors (Lipinski definition) is 2. The fraction of sp³-hybridized carbons (Fsp3) is 0.529. The molecule has 0 spiro atoms. The zero-order valence-corrected chi connectivity index (χ0v) is 23.2. The number of aliphatic hydroxyl groups is 1. The van der Waals surface area contributed by atoms with E-state index in [4.69, 9.17) is 4.74 Å². The lowest BCUT2D eigenvalue weighted by atomic mass is 9.75. The van der Waals surface area contributed by atoms with Crippen molar-refractivity contribution in [3.05, 3.63) is 83.2 Å². The molecule has 2 aromatic carbocycles. The van der Waals surface area contributed by atoms with Crippen molar-refractivity contribution in [2.45, 2.75) is 95.5 Å². The molecule has 0 radical (unpaired) electrons. The monoisotopic (exact) mass is 540 g/mol. The molecule has 2 aromatic rings. The summed E-state index contributed by atoms with van der Waals surface area (Å²) in [5, 5.41) is 10.3. The third kappa shape index (κ3) is 7.57. The van der Waals surface area contributed by atoms with Crippen LogP contribution in [0.3, 0.4) is 0 Å². The van der Waals surface area contributed by atoms with E-state index in [2.05, 4.69) is 13.5 Å². The van der Waals surface area contributed by atoms with Crippen molar-refractivity contribution in [2.24, 2.45) is 11.8 Å². The van der Waals surface area contributed by atoms with Crippen molar-refractivity contribution >= 4 is 6.08 Å². The van der Waals surface area contributed by atoms with Gasteiger partial charge >= 0.3 is 0 Å². The van der Waals surface area contributed by atoms with Gasteiger partial charge in [0, 0.05) is 11.6 Å². The summed E-state index contributed by atoms with van der Waals surface area (Å²) in [5.74, 6) is -0.508. The fourth-order valence-corrected chi connectivity index (χ4v) is 6.42. The summed E-state index contributed by atoms with van der Waals surface area (Å²) in [7, 11) is 0. The minimum atomic E-state index is -0.775. The Morgan fingerprint density at radius 1 is 0.923 bits per heavy atom. The van der Waals surface area contributed by atoms with Gasteiger partial charge in [0.1, 0.15) is 11.6 Å². The summed E-state index contributed by atoms with van der Waals surface area (Å²) < 4.78 is 50.4. The van der Waals surface area contributed by atoms with Crippen LogP contribution in [0.5, 0.6) is 5.75 Å². The first kappa shape index (κ1) is 29.5. The van der Waals surface area contributed by atoms with Gasteiger partial charge < -0.3 is 9.84 Å². The Labute approximate surface area is 232 Å². The molecule has 0 aromatic heterocycles. The number of halogens is 3. The molecule has 0 heterocycles. The van der Waals surface area contributed by atoms with Gasteiger partial charge in [-0.25, -0.2) is 13.2 Å². The number of allylic oxidation sites excluding steroid dienone is 1. The average Bonchev–Trinajstić information content (AvgIpc) is 2.95. The first-order chi connectivity index (χ1) is 18.9. The normalized spacial score (nSPS) is 24.5. The maximum atomic E-state index is 15.1. The Morgan fingerprint density at radius 3 is 2.26 bits per heavy atom. The third-order valence-electron chi connectivity index (χ3n) is 8.80. The predicted molar refractivity (Wildman–Crippen MR) is 152 cm³/mol. The van der Waals surface area contributed by atoms with Crippen LogP contribution in [-0.4, -0.2) is 17.8 Å². The third-order valence-corrected chi connectivity index (χ3v) is 8.80. The van der Waals surface area contributed by atoms with Gasteiger partial charge in [-0.1, -0.05) is 49.8 Å². The number of rotatable bonds is 11. The second-order valence-electron chi connectivity index (χ2n) is 11.4. The molecule has 2 aliphatic carbocycles. The van der Waals surface area contributed by atoms with Gasteiger partial charge in [-0.15, -0.1) is 6.58 Å². The van der Waals surface area contributed by atoms with Crippen LogP contribution in [0, 0.1) is 29.3 Å². The molecule has 2 aliphatic rings. The highest BCUT2D eigenvalue weighted by Crippen LogP contribution is 2.40. The smallest absolute Gasteiger partial charge is 0.166 e. The summed E-state index contributed by atoms with van der Waals surface area (Å²) in [5.41, 5.74) is 1.47. The molecule has 1 N–H and O–H groups in total. The highest BCUT2D eigenvalue weighted by molar-refractivity contribution is 5.52. The Kier molecular flexibility index (Phi) is 10.7. The second-order valence-corrected chi connectivity index (χ2v) is 11.4. The lowest BCUT2D eigenvalue weighted by Gasteiger charge is -2.32. The minimum Gasteiger partial charge on any atom is -0.493 e. The van der Waals surface area contributed by atoms with E-state index in [1.807, 2.05) is 18.2 Å². The molecular formula is C34H43F3O2. The van der Waals surface area contributed by atoms with Gasteiger partial charge in [0.2, 0.25) is 0 Å². The van der Waals surface area contributed by atoms with Crippen molar-refractivity contribution in [2.75, 3.05) is 6.61 Å². The SMILES string of the molecule is C=CCCOc1ccc(C2CCC(/C=C/c3ccc(C4CCC(C(O)CCC)CC4)c(F)c3F)CC2)c(F)c1. The van der Waals surface area contributed by atoms with Crippen molar-refractivity contribution in [3.63, 3.8) is 0 Å². The highest BCUT2D eigenvalue weighted by Gasteiger charge is 2.29. The van der Waals surface area contributed by atoms with Gasteiger partial charge in [-0.2, -0.15) is 0 Å². The van der Waals surface area contributed by atoms with Crippen molar-refractivity contribution in [1.29, 1.82) is 0 Å². The zero-order chi connectivity index (χ0) is 27.8. The van der Waals surface area contributed by atoms with Crippen LogP contribution in [0.2, 0.25) is 0 Å². The first-order valence-corrected chi connectivity index (χ1v) is 14.8. The molecule has 2 nitrogen and oxygen atoms in total. The summed E-state index contributed by atoms with van der Waals surface area (Å²) in [6.45, 7) is 6.21. The van der Waals surface area contributed by atoms with Crippen LogP contribution < -0.4 is 4.74 Å². The van der Waals surface area contributed by atoms with Crippen LogP contribution in [0.25, 0.3) is 6.08 Å². The van der Waals surface area contributed by atoms with E-state index in [0.29, 0.717) is 24.3 Å². The summed E-state index contributed by atoms with van der Waals surface area (Å²) in [6, 6.07) is 8.57. The topological polar surface area (TPSA) is 29.5 Å². The first-order valence-electron chi connectivity index (χ1n) is 14.8. The van der Waals surface area contributed by atoms with Crippen molar-refractivity contribution < 1.29 is 23.0 Å². The highest BCUT2D eigenvalue weighted by atomic mass is 19.2. The average molecular weight is 541 g/mol. The van der Waals surface area contributed by atoms with Crippen LogP contribution in [0.15, 0.2) is 49.1 Å². The zero-order valence-electron chi connectivity index (χ0n) is 23.2. The lowest BCUT2D eigenvalue weighted by molar-refractivity contribution is 0.0727. The van der Waals surface area contributed by atoms with E-state index < -0.39 is 11.6 Å². The van der Waals surface area contributed by atoms with E-state index >= 15 is 8.78 Å². The number of benzene rings is 2. The van der Waals surface area contributed by atoms with E-state index in [-0.39, 0.29) is 41.2 Å². The van der Waals surface area contributed by atoms with Gasteiger partial charge in [-0.05, 0) is 105 Å². The van der Waals surface area contributed by atoms with Crippen molar-refractivity contribution in [3.8, 4) is 5.75 Å². The molecule has 212 valence electrons. The maximum absolute atomic E-state index is 15.1. The molecule has 1 atom stereocenters. The van der Waals surface area contributed by atoms with E-state index in [0.717, 1.165) is 69.8 Å². The Morgan fingerprint density at radius 2 is 1.59 bits per heavy atom. The van der Waals surface area contributed by atoms with E-state index in [9.17, 15) is 9.50 Å². The quantitative estimate of drug-likeness (QED) is 0.227. The summed E-state index contributed by atoms with van der Waals surface area (Å²) in [6.07, 6.45) is 14.4. The molecule has 0 bridgehead atoms. The van der Waals surface area contributed by atoms with Crippen LogP contribution in [0.4, 0.5) is 13.2 Å². The maximum Gasteiger partial charge on any atom is 0.166 e. The van der Waals surface area contributed by atoms with E-state index in [1.54, 1.807) is 24.3 Å². The van der Waals surface area contributed by atoms with Crippen LogP contribution in [0.1, 0.15) is 106 Å². The number of aliphatic hydroxyl groups excluding tert-OH is 1. The van der Waals surface area contributed by atoms with Gasteiger partial charge in [0.15, 0.2) is 11.6 Å². The van der Waals surface area contributed by atoms with Crippen LogP contribution in [-0.2, 0) is 0 Å². The molecular weight excluding hydrogens is 497 g/mol. The predicted octanol–water partition coefficient (Wildman–Crippen LogP) is 9.48. The second kappa shape index (κ2) is 14.2. The summed E-state index contributed by atoms with van der Waals surface area (Å²) >= 11 is 0. The Bertz CT molecular complexity index is 1110. The van der Waals surface area contributed by atoms with E-state index in [1.165, 1.54) is 6.07 Å². The number of hydrogen-bond donors (Lipinski definition) is 1. The largest absolute Gasteiger partial charge is 0.493 e. The van der Waals surface area contributed by atoms with Gasteiger partial charge in [0.05, 0.1) is 12.7 Å². The number of ether oxygens (including phenoxy) is 1. The minimum absolute atomic E-state index is 0.00560. The molecule has 2 saturated carbocycles. The Balaban J connectivity index is 1.31. The van der Waals surface area contributed by atoms with Crippen molar-refractivity contribution in [1.82, 2.24) is 0 Å². The molecule has 5 heteroatoms. The van der Waals surface area contributed by atoms with Crippen LogP contribution >= 0.6 is 0 Å². The molecule has 4 rings (SSSR count). The molecule has 0 aliphatic heterocycles.